The maximum Gasteiger partial charge on any atom is 0.416 e. The van der Waals surface area contributed by atoms with E-state index in [1.54, 1.807) is 0 Å². The third kappa shape index (κ3) is 7.03. The topological polar surface area (TPSA) is 65.5 Å². The van der Waals surface area contributed by atoms with Gasteiger partial charge in [0.05, 0.1) is 18.7 Å². The van der Waals surface area contributed by atoms with Gasteiger partial charge in [0.2, 0.25) is 5.91 Å². The third-order valence-electron chi connectivity index (χ3n) is 2.84. The van der Waals surface area contributed by atoms with Gasteiger partial charge >= 0.3 is 6.18 Å². The van der Waals surface area contributed by atoms with Crippen molar-refractivity contribution >= 4 is 11.9 Å². The lowest BCUT2D eigenvalue weighted by atomic mass is 10.1. The highest BCUT2D eigenvalue weighted by molar-refractivity contribution is 5.86. The van der Waals surface area contributed by atoms with E-state index in [0.717, 1.165) is 12.1 Å². The molecule has 0 fully saturated rings. The average Bonchev–Trinajstić information content (AvgIpc) is 2.50. The average molecular weight is 330 g/mol. The number of carbonyl (C=O) groups is 1. The van der Waals surface area contributed by atoms with Crippen molar-refractivity contribution in [1.29, 1.82) is 0 Å². The number of aliphatic imine (C=N–C) groups is 1. The Kier molecular flexibility index (Phi) is 7.37. The van der Waals surface area contributed by atoms with Crippen molar-refractivity contribution in [3.8, 4) is 0 Å². The fourth-order valence-electron chi connectivity index (χ4n) is 1.73. The molecule has 0 saturated heterocycles. The van der Waals surface area contributed by atoms with Crippen LogP contribution in [0.15, 0.2) is 29.3 Å². The molecule has 0 radical (unpaired) electrons. The molecule has 0 bridgehead atoms. The fraction of sp³-hybridized carbons (Fsp3) is 0.467. The summed E-state index contributed by atoms with van der Waals surface area (Å²) < 4.78 is 37.5. The van der Waals surface area contributed by atoms with Gasteiger partial charge in [0.1, 0.15) is 0 Å². The van der Waals surface area contributed by atoms with Crippen LogP contribution in [0.25, 0.3) is 0 Å². The van der Waals surface area contributed by atoms with E-state index in [1.165, 1.54) is 12.1 Å². The Bertz CT molecular complexity index is 527. The van der Waals surface area contributed by atoms with Crippen LogP contribution in [0.2, 0.25) is 0 Å². The zero-order valence-electron chi connectivity index (χ0n) is 13.1. The van der Waals surface area contributed by atoms with Crippen LogP contribution >= 0.6 is 0 Å². The van der Waals surface area contributed by atoms with E-state index >= 15 is 0 Å². The quantitative estimate of drug-likeness (QED) is 0.551. The Morgan fingerprint density at radius 1 is 1.04 bits per heavy atom. The molecule has 1 aromatic carbocycles. The molecule has 0 aromatic heterocycles. The zero-order valence-corrected chi connectivity index (χ0v) is 13.1. The first kappa shape index (κ1) is 18.8. The van der Waals surface area contributed by atoms with Crippen LogP contribution < -0.4 is 16.0 Å². The highest BCUT2D eigenvalue weighted by atomic mass is 19.4. The summed E-state index contributed by atoms with van der Waals surface area (Å²) in [5.41, 5.74) is -0.0419. The number of nitrogens with zero attached hydrogens (tertiary/aromatic N) is 1. The van der Waals surface area contributed by atoms with Crippen molar-refractivity contribution in [1.82, 2.24) is 16.0 Å². The van der Waals surface area contributed by atoms with E-state index in [0.29, 0.717) is 24.6 Å². The maximum absolute atomic E-state index is 12.5. The molecule has 1 amide bonds. The fourth-order valence-corrected chi connectivity index (χ4v) is 1.73. The van der Waals surface area contributed by atoms with Crippen molar-refractivity contribution in [2.75, 3.05) is 19.6 Å². The molecule has 0 aliphatic heterocycles. The van der Waals surface area contributed by atoms with E-state index in [4.69, 9.17) is 0 Å². The van der Waals surface area contributed by atoms with E-state index < -0.39 is 11.7 Å². The number of halogens is 3. The number of benzene rings is 1. The number of nitrogens with one attached hydrogen (secondary N) is 3. The Morgan fingerprint density at radius 3 is 2.17 bits per heavy atom. The van der Waals surface area contributed by atoms with Gasteiger partial charge in [-0.15, -0.1) is 0 Å². The van der Waals surface area contributed by atoms with Crippen LogP contribution in [0.4, 0.5) is 13.2 Å². The van der Waals surface area contributed by atoms with Crippen molar-refractivity contribution < 1.29 is 18.0 Å². The van der Waals surface area contributed by atoms with Gasteiger partial charge in [-0.1, -0.05) is 12.1 Å². The number of amides is 1. The Balaban J connectivity index is 2.64. The van der Waals surface area contributed by atoms with Crippen molar-refractivity contribution in [2.24, 2.45) is 4.99 Å². The largest absolute Gasteiger partial charge is 0.416 e. The number of alkyl halides is 3. The second-order valence-electron chi connectivity index (χ2n) is 4.70. The van der Waals surface area contributed by atoms with Gasteiger partial charge in [-0.25, -0.2) is 4.99 Å². The lowest BCUT2D eigenvalue weighted by Crippen LogP contribution is -2.43. The summed E-state index contributed by atoms with van der Waals surface area (Å²) in [7, 11) is 0. The lowest BCUT2D eigenvalue weighted by molar-refractivity contribution is -0.137. The summed E-state index contributed by atoms with van der Waals surface area (Å²) >= 11 is 0. The Hall–Kier alpha value is -2.25. The first-order valence-corrected chi connectivity index (χ1v) is 7.31. The molecule has 8 heteroatoms. The number of hydrogen-bond donors (Lipinski definition) is 3. The molecule has 0 unspecified atom stereocenters. The molecule has 1 aromatic rings. The van der Waals surface area contributed by atoms with E-state index in [1.807, 2.05) is 13.8 Å². The highest BCUT2D eigenvalue weighted by Crippen LogP contribution is 2.29. The summed E-state index contributed by atoms with van der Waals surface area (Å²) in [4.78, 5) is 15.6. The lowest BCUT2D eigenvalue weighted by Gasteiger charge is -2.11. The molecular formula is C15H21F3N4O. The Morgan fingerprint density at radius 2 is 1.65 bits per heavy atom. The van der Waals surface area contributed by atoms with Crippen molar-refractivity contribution in [3.63, 3.8) is 0 Å². The van der Waals surface area contributed by atoms with Crippen molar-refractivity contribution in [2.45, 2.75) is 26.6 Å². The minimum atomic E-state index is -4.34. The minimum absolute atomic E-state index is 0.0761. The summed E-state index contributed by atoms with van der Waals surface area (Å²) in [6.07, 6.45) is -4.34. The van der Waals surface area contributed by atoms with E-state index in [9.17, 15) is 18.0 Å². The van der Waals surface area contributed by atoms with Crippen LogP contribution in [0, 0.1) is 0 Å². The SMILES string of the molecule is CCNC(=O)CNC(=NCc1ccc(C(F)(F)F)cc1)NCC. The minimum Gasteiger partial charge on any atom is -0.357 e. The number of carbonyl (C=O) groups excluding carboxylic acids is 1. The van der Waals surface area contributed by atoms with Crippen LogP contribution in [0.1, 0.15) is 25.0 Å². The molecular weight excluding hydrogens is 309 g/mol. The van der Waals surface area contributed by atoms with Gasteiger partial charge in [0.25, 0.3) is 0 Å². The summed E-state index contributed by atoms with van der Waals surface area (Å²) in [5, 5.41) is 8.47. The molecule has 3 N–H and O–H groups in total. The zero-order chi connectivity index (χ0) is 17.3. The predicted molar refractivity (Wildman–Crippen MR) is 82.9 cm³/mol. The molecule has 0 aliphatic rings. The van der Waals surface area contributed by atoms with Crippen LogP contribution in [-0.2, 0) is 17.5 Å². The molecule has 23 heavy (non-hydrogen) atoms. The maximum atomic E-state index is 12.5. The van der Waals surface area contributed by atoms with Gasteiger partial charge in [-0.2, -0.15) is 13.2 Å². The molecule has 1 rings (SSSR count). The first-order chi connectivity index (χ1) is 10.9. The molecule has 0 atom stereocenters. The number of likely N-dealkylation sites (N-methyl/N-ethyl adjacent to an activating group) is 1. The standard InChI is InChI=1S/C15H21F3N4O/c1-3-19-13(23)10-22-14(20-4-2)21-9-11-5-7-12(8-6-11)15(16,17)18/h5-8H,3-4,9-10H2,1-2H3,(H,19,23)(H2,20,21,22). The van der Waals surface area contributed by atoms with Crippen LogP contribution in [0.3, 0.4) is 0 Å². The Labute approximate surface area is 133 Å². The molecule has 0 aliphatic carbocycles. The van der Waals surface area contributed by atoms with Gasteiger partial charge < -0.3 is 16.0 Å². The number of guanidine groups is 1. The molecule has 5 nitrogen and oxygen atoms in total. The molecule has 0 spiro atoms. The summed E-state index contributed by atoms with van der Waals surface area (Å²) in [5.74, 6) is 0.270. The van der Waals surface area contributed by atoms with Gasteiger partial charge in [0.15, 0.2) is 5.96 Å². The molecule has 128 valence electrons. The highest BCUT2D eigenvalue weighted by Gasteiger charge is 2.29. The van der Waals surface area contributed by atoms with E-state index in [-0.39, 0.29) is 19.0 Å². The van der Waals surface area contributed by atoms with Gasteiger partial charge in [-0.05, 0) is 31.5 Å². The second-order valence-corrected chi connectivity index (χ2v) is 4.70. The summed E-state index contributed by atoms with van der Waals surface area (Å²) in [6.45, 7) is 5.13. The van der Waals surface area contributed by atoms with Gasteiger partial charge in [-0.3, -0.25) is 4.79 Å². The van der Waals surface area contributed by atoms with Gasteiger partial charge in [0, 0.05) is 13.1 Å². The first-order valence-electron chi connectivity index (χ1n) is 7.31. The molecule has 0 saturated carbocycles. The van der Waals surface area contributed by atoms with Crippen molar-refractivity contribution in [3.05, 3.63) is 35.4 Å². The smallest absolute Gasteiger partial charge is 0.357 e. The summed E-state index contributed by atoms with van der Waals surface area (Å²) in [6, 6.07) is 4.83. The number of hydrogen-bond acceptors (Lipinski definition) is 2. The van der Waals surface area contributed by atoms with Crippen LogP contribution in [-0.4, -0.2) is 31.5 Å². The number of rotatable bonds is 6. The molecule has 0 heterocycles. The van der Waals surface area contributed by atoms with Crippen LogP contribution in [0.5, 0.6) is 0 Å². The monoisotopic (exact) mass is 330 g/mol. The normalized spacial score (nSPS) is 12.0. The van der Waals surface area contributed by atoms with E-state index in [2.05, 4.69) is 20.9 Å². The second kappa shape index (κ2) is 9.02. The third-order valence-corrected chi connectivity index (χ3v) is 2.84. The predicted octanol–water partition coefficient (Wildman–Crippen LogP) is 1.90.